The highest BCUT2D eigenvalue weighted by atomic mass is 35.5. The number of phenolic OH excluding ortho intramolecular Hbond substituents is 1. The van der Waals surface area contributed by atoms with E-state index in [4.69, 9.17) is 60.6 Å². The van der Waals surface area contributed by atoms with Crippen molar-refractivity contribution in [2.45, 2.75) is 155 Å². The molecular weight excluding hydrogens is 1030 g/mol. The van der Waals surface area contributed by atoms with Gasteiger partial charge in [0.1, 0.15) is 22.7 Å². The van der Waals surface area contributed by atoms with Gasteiger partial charge in [0.25, 0.3) is 11.8 Å². The molecule has 0 spiro atoms. The average Bonchev–Trinajstić information content (AvgIpc) is 4.32. The molecule has 2 fully saturated rings. The number of nitrogens with zero attached hydrogens (tertiary/aromatic N) is 4. The van der Waals surface area contributed by atoms with Crippen LogP contribution in [0.2, 0.25) is 20.1 Å². The van der Waals surface area contributed by atoms with Crippen LogP contribution in [0.1, 0.15) is 129 Å². The highest BCUT2D eigenvalue weighted by Crippen LogP contribution is 2.42. The Morgan fingerprint density at radius 2 is 0.960 bits per heavy atom. The van der Waals surface area contributed by atoms with E-state index in [1.165, 1.54) is 0 Å². The Labute approximate surface area is 462 Å². The lowest BCUT2D eigenvalue weighted by molar-refractivity contribution is -0.130. The maximum atomic E-state index is 14.5. The lowest BCUT2D eigenvalue weighted by Gasteiger charge is -2.40. The second-order valence-corrected chi connectivity index (χ2v) is 23.1. The van der Waals surface area contributed by atoms with E-state index < -0.39 is 35.5 Å². The number of ether oxygens (including phenoxy) is 3. The van der Waals surface area contributed by atoms with E-state index >= 15 is 0 Å². The van der Waals surface area contributed by atoms with Crippen LogP contribution in [0.3, 0.4) is 0 Å². The third-order valence-electron chi connectivity index (χ3n) is 13.7. The molecule has 0 unspecified atom stereocenters. The minimum Gasteiger partial charge on any atom is -0.508 e. The van der Waals surface area contributed by atoms with Crippen molar-refractivity contribution in [3.05, 3.63) is 138 Å². The molecule has 8 rings (SSSR count). The van der Waals surface area contributed by atoms with E-state index in [1.807, 2.05) is 126 Å². The second kappa shape index (κ2) is 24.3. The van der Waals surface area contributed by atoms with E-state index in [-0.39, 0.29) is 29.6 Å². The van der Waals surface area contributed by atoms with E-state index in [2.05, 4.69) is 0 Å². The van der Waals surface area contributed by atoms with Crippen LogP contribution >= 0.6 is 46.4 Å². The van der Waals surface area contributed by atoms with Gasteiger partial charge in [-0.3, -0.25) is 9.59 Å². The zero-order valence-corrected chi connectivity index (χ0v) is 47.5. The second-order valence-electron chi connectivity index (χ2n) is 21.5. The summed E-state index contributed by atoms with van der Waals surface area (Å²) >= 11 is 25.6. The van der Waals surface area contributed by atoms with Crippen molar-refractivity contribution in [1.29, 1.82) is 0 Å². The maximum absolute atomic E-state index is 14.5. The summed E-state index contributed by atoms with van der Waals surface area (Å²) < 4.78 is 16.8. The van der Waals surface area contributed by atoms with Crippen molar-refractivity contribution in [3.8, 4) is 11.5 Å². The molecule has 0 saturated heterocycles. The molecule has 0 radical (unpaired) electrons. The molecule has 2 atom stereocenters. The van der Waals surface area contributed by atoms with Crippen molar-refractivity contribution in [2.75, 3.05) is 20.2 Å². The first-order valence-electron chi connectivity index (χ1n) is 25.9. The first-order valence-corrected chi connectivity index (χ1v) is 27.4. The lowest BCUT2D eigenvalue weighted by Crippen LogP contribution is -2.50. The fourth-order valence-electron chi connectivity index (χ4n) is 9.81. The van der Waals surface area contributed by atoms with Crippen LogP contribution in [0.15, 0.2) is 96.1 Å². The summed E-state index contributed by atoms with van der Waals surface area (Å²) in [6.45, 7) is 16.6. The molecule has 2 saturated carbocycles. The van der Waals surface area contributed by atoms with Crippen LogP contribution in [-0.2, 0) is 32.2 Å². The number of methoxy groups -OCH3 is 1. The van der Waals surface area contributed by atoms with Crippen molar-refractivity contribution in [3.63, 3.8) is 0 Å². The molecule has 4 aromatic carbocycles. The molecule has 0 bridgehead atoms. The van der Waals surface area contributed by atoms with Gasteiger partial charge in [-0.1, -0.05) is 109 Å². The molecule has 75 heavy (non-hydrogen) atoms. The minimum atomic E-state index is -0.649. The highest BCUT2D eigenvalue weighted by molar-refractivity contribution is 6.43. The zero-order valence-electron chi connectivity index (χ0n) is 44.5. The van der Waals surface area contributed by atoms with E-state index in [0.29, 0.717) is 83.1 Å². The Hall–Kier alpha value is -5.40. The molecule has 2 heterocycles. The molecule has 402 valence electrons. The molecule has 16 heteroatoms. The summed E-state index contributed by atoms with van der Waals surface area (Å²) in [4.78, 5) is 62.6. The summed E-state index contributed by atoms with van der Waals surface area (Å²) in [6, 6.07) is 24.9. The molecule has 4 aromatic rings. The van der Waals surface area contributed by atoms with Gasteiger partial charge in [-0.25, -0.2) is 9.59 Å². The number of carbonyl (C=O) groups excluding carboxylic acids is 4. The van der Waals surface area contributed by atoms with Gasteiger partial charge in [0, 0.05) is 49.4 Å². The van der Waals surface area contributed by atoms with Crippen LogP contribution in [-0.4, -0.2) is 104 Å². The number of benzene rings is 4. The number of halogens is 4. The predicted octanol–water partition coefficient (Wildman–Crippen LogP) is 14.4. The topological polar surface area (TPSA) is 129 Å². The minimum absolute atomic E-state index is 0.0746. The van der Waals surface area contributed by atoms with Crippen molar-refractivity contribution >= 4 is 81.6 Å². The molecule has 12 nitrogen and oxygen atoms in total. The van der Waals surface area contributed by atoms with Gasteiger partial charge in [0.2, 0.25) is 0 Å². The van der Waals surface area contributed by atoms with Crippen molar-refractivity contribution in [2.24, 2.45) is 0 Å². The number of aromatic hydroxyl groups is 1. The Balaban J connectivity index is 0.000000219. The number of phenols is 1. The van der Waals surface area contributed by atoms with Gasteiger partial charge in [0.05, 0.1) is 39.3 Å². The Kier molecular flexibility index (Phi) is 18.6. The number of hydrogen-bond acceptors (Lipinski definition) is 8. The normalized spacial score (nSPS) is 18.0. The van der Waals surface area contributed by atoms with Crippen LogP contribution in [0.25, 0.3) is 11.1 Å². The van der Waals surface area contributed by atoms with Gasteiger partial charge in [-0.15, -0.1) is 0 Å². The molecule has 1 N–H and O–H groups in total. The largest absolute Gasteiger partial charge is 0.508 e. The number of amides is 4. The molecule has 4 aliphatic rings. The van der Waals surface area contributed by atoms with Gasteiger partial charge in [-0.05, 0) is 163 Å². The quantitative estimate of drug-likeness (QED) is 0.140. The first kappa shape index (κ1) is 57.3. The fourth-order valence-corrected chi connectivity index (χ4v) is 10.6. The Bertz CT molecular complexity index is 2800. The summed E-state index contributed by atoms with van der Waals surface area (Å²) in [7, 11) is 1.63. The maximum Gasteiger partial charge on any atom is 0.410 e. The van der Waals surface area contributed by atoms with Gasteiger partial charge < -0.3 is 38.9 Å². The zero-order chi connectivity index (χ0) is 54.5. The standard InChI is InChI=1S/C30H36Cl2N2O4.C29H34Cl2N2O4/c1-6-25-26(28(35)34(21-12-13-21)18-20-8-7-9-24(31)27(20)32)23(19-10-14-22(37-5)15-11-19)16-17-33(25)29(36)38-30(2,3)4;1-5-24-25(27(35)33(20-11-12-20)17-19-7-6-8-23(30)26(19)31)22(18-9-13-21(34)14-10-18)15-16-32(24)28(36)37-29(2,3)4/h7-11,14-15,21,25H,6,12-13,16-18H2,1-5H3;6-10,13-14,20,24,34H,5,11-12,15-17H2,1-4H3/t25-;24-/m11/s1. The number of carbonyl (C=O) groups is 4. The molecule has 2 aliphatic carbocycles. The fraction of sp³-hybridized carbons (Fsp3) is 0.458. The van der Waals surface area contributed by atoms with Crippen LogP contribution in [0, 0.1) is 0 Å². The lowest BCUT2D eigenvalue weighted by atomic mass is 9.86. The molecule has 0 aromatic heterocycles. The molecule has 4 amide bonds. The van der Waals surface area contributed by atoms with Crippen molar-refractivity contribution in [1.82, 2.24) is 19.6 Å². The van der Waals surface area contributed by atoms with Crippen LogP contribution in [0.5, 0.6) is 11.5 Å². The summed E-state index contributed by atoms with van der Waals surface area (Å²) in [6.07, 6.45) is 5.04. The summed E-state index contributed by atoms with van der Waals surface area (Å²) in [5, 5.41) is 11.7. The SMILES string of the molecule is CC[C@@H]1C(C(=O)N(Cc2cccc(Cl)c2Cl)C2CC2)=C(c2ccc(O)cc2)CCN1C(=O)OC(C)(C)C.CC[C@@H]1C(C(=O)N(Cc2cccc(Cl)c2Cl)C2CC2)=C(c2ccc(OC)cc2)CCN1C(=O)OC(C)(C)C. The van der Waals surface area contributed by atoms with Crippen molar-refractivity contribution < 1.29 is 38.5 Å². The Morgan fingerprint density at radius 1 is 0.587 bits per heavy atom. The number of hydrogen-bond donors (Lipinski definition) is 1. The summed E-state index contributed by atoms with van der Waals surface area (Å²) in [5.74, 6) is 0.720. The average molecular weight is 1110 g/mol. The highest BCUT2D eigenvalue weighted by Gasteiger charge is 2.44. The number of rotatable bonds is 13. The van der Waals surface area contributed by atoms with E-state index in [9.17, 15) is 24.3 Å². The van der Waals surface area contributed by atoms with Gasteiger partial charge in [-0.2, -0.15) is 0 Å². The monoisotopic (exact) mass is 1100 g/mol. The summed E-state index contributed by atoms with van der Waals surface area (Å²) in [5.41, 5.74) is 5.19. The molecule has 2 aliphatic heterocycles. The first-order chi connectivity index (χ1) is 35.5. The van der Waals surface area contributed by atoms with Gasteiger partial charge >= 0.3 is 12.2 Å². The molecular formula is C59H70Cl4N4O8. The third-order valence-corrected chi connectivity index (χ3v) is 15.4. The van der Waals surface area contributed by atoms with E-state index in [1.54, 1.807) is 41.2 Å². The van der Waals surface area contributed by atoms with Gasteiger partial charge in [0.15, 0.2) is 0 Å². The van der Waals surface area contributed by atoms with E-state index in [0.717, 1.165) is 64.8 Å². The predicted molar refractivity (Wildman–Crippen MR) is 298 cm³/mol. The third kappa shape index (κ3) is 14.2. The Morgan fingerprint density at radius 3 is 1.29 bits per heavy atom. The smallest absolute Gasteiger partial charge is 0.410 e. The van der Waals surface area contributed by atoms with Crippen LogP contribution < -0.4 is 4.74 Å². The van der Waals surface area contributed by atoms with Crippen LogP contribution in [0.4, 0.5) is 9.59 Å².